The van der Waals surface area contributed by atoms with Crippen molar-refractivity contribution < 1.29 is 27.4 Å². The lowest BCUT2D eigenvalue weighted by Crippen LogP contribution is -2.32. The maximum absolute atomic E-state index is 13.4. The van der Waals surface area contributed by atoms with Gasteiger partial charge in [-0.05, 0) is 57.2 Å². The van der Waals surface area contributed by atoms with Crippen molar-refractivity contribution in [1.82, 2.24) is 19.7 Å². The van der Waals surface area contributed by atoms with E-state index in [0.717, 1.165) is 0 Å². The molecule has 0 amide bonds. The van der Waals surface area contributed by atoms with Gasteiger partial charge in [-0.15, -0.1) is 10.2 Å². The number of aliphatic hydroxyl groups is 1. The quantitative estimate of drug-likeness (QED) is 0.344. The van der Waals surface area contributed by atoms with Crippen molar-refractivity contribution in [3.63, 3.8) is 0 Å². The molecule has 4 aromatic rings. The monoisotopic (exact) mass is 513 g/mol. The SMILES string of the molecule is COc1cccc(OC)c1-n1c(NS(=O)(=O)[C@@H](C)[C@H](O)c2cccc(C)n2)nnc1-c1ccc(C)o1. The molecule has 2 atom stereocenters. The third-order valence-electron chi connectivity index (χ3n) is 5.63. The highest BCUT2D eigenvalue weighted by molar-refractivity contribution is 7.93. The Morgan fingerprint density at radius 2 is 1.67 bits per heavy atom. The first-order chi connectivity index (χ1) is 17.2. The van der Waals surface area contributed by atoms with E-state index in [9.17, 15) is 13.5 Å². The highest BCUT2D eigenvalue weighted by atomic mass is 32.2. The Labute approximate surface area is 208 Å². The number of aryl methyl sites for hydroxylation is 2. The second-order valence-electron chi connectivity index (χ2n) is 8.10. The van der Waals surface area contributed by atoms with Crippen molar-refractivity contribution in [3.05, 3.63) is 65.7 Å². The molecule has 12 heteroatoms. The number of para-hydroxylation sites is 1. The van der Waals surface area contributed by atoms with Crippen molar-refractivity contribution in [1.29, 1.82) is 0 Å². The summed E-state index contributed by atoms with van der Waals surface area (Å²) in [4.78, 5) is 4.25. The number of ether oxygens (including phenoxy) is 2. The number of rotatable bonds is 9. The van der Waals surface area contributed by atoms with E-state index in [0.29, 0.717) is 34.4 Å². The van der Waals surface area contributed by atoms with E-state index in [1.54, 1.807) is 62.4 Å². The molecule has 2 N–H and O–H groups in total. The van der Waals surface area contributed by atoms with Gasteiger partial charge in [-0.25, -0.2) is 8.42 Å². The predicted molar refractivity (Wildman–Crippen MR) is 133 cm³/mol. The van der Waals surface area contributed by atoms with Crippen LogP contribution in [0.1, 0.15) is 30.2 Å². The number of hydrogen-bond donors (Lipinski definition) is 2. The van der Waals surface area contributed by atoms with Crippen LogP contribution in [0.4, 0.5) is 5.95 Å². The molecule has 0 saturated heterocycles. The Balaban J connectivity index is 1.82. The molecule has 0 saturated carbocycles. The van der Waals surface area contributed by atoms with E-state index in [2.05, 4.69) is 19.9 Å². The number of anilines is 1. The fourth-order valence-corrected chi connectivity index (χ4v) is 4.74. The average Bonchev–Trinajstić information content (AvgIpc) is 3.47. The van der Waals surface area contributed by atoms with Gasteiger partial charge in [0, 0.05) is 5.69 Å². The minimum Gasteiger partial charge on any atom is -0.494 e. The number of nitrogens with zero attached hydrogens (tertiary/aromatic N) is 4. The van der Waals surface area contributed by atoms with Crippen LogP contribution < -0.4 is 14.2 Å². The average molecular weight is 514 g/mol. The van der Waals surface area contributed by atoms with Gasteiger partial charge in [0.2, 0.25) is 21.8 Å². The van der Waals surface area contributed by atoms with Gasteiger partial charge in [0.25, 0.3) is 0 Å². The minimum atomic E-state index is -4.18. The van der Waals surface area contributed by atoms with Crippen molar-refractivity contribution in [2.45, 2.75) is 32.1 Å². The minimum absolute atomic E-state index is 0.141. The summed E-state index contributed by atoms with van der Waals surface area (Å²) in [5.41, 5.74) is 1.26. The van der Waals surface area contributed by atoms with Crippen LogP contribution in [0.15, 0.2) is 52.9 Å². The molecule has 0 aliphatic carbocycles. The smallest absolute Gasteiger partial charge is 0.243 e. The molecule has 0 radical (unpaired) electrons. The molecule has 0 aliphatic rings. The van der Waals surface area contributed by atoms with E-state index in [-0.39, 0.29) is 17.5 Å². The normalized spacial score (nSPS) is 13.3. The first-order valence-corrected chi connectivity index (χ1v) is 12.6. The zero-order valence-corrected chi connectivity index (χ0v) is 21.3. The Kier molecular flexibility index (Phi) is 7.00. The van der Waals surface area contributed by atoms with E-state index in [1.807, 2.05) is 0 Å². The lowest BCUT2D eigenvalue weighted by molar-refractivity contribution is 0.171. The van der Waals surface area contributed by atoms with E-state index in [1.165, 1.54) is 25.7 Å². The number of sulfonamides is 1. The lowest BCUT2D eigenvalue weighted by atomic mass is 10.2. The van der Waals surface area contributed by atoms with Crippen molar-refractivity contribution in [2.24, 2.45) is 0 Å². The largest absolute Gasteiger partial charge is 0.494 e. The Morgan fingerprint density at radius 1 is 1.00 bits per heavy atom. The first kappa shape index (κ1) is 25.2. The summed E-state index contributed by atoms with van der Waals surface area (Å²) in [5.74, 6) is 1.84. The van der Waals surface area contributed by atoms with Gasteiger partial charge in [0.05, 0.1) is 19.9 Å². The predicted octanol–water partition coefficient (Wildman–Crippen LogP) is 3.42. The van der Waals surface area contributed by atoms with E-state index < -0.39 is 21.4 Å². The molecule has 190 valence electrons. The lowest BCUT2D eigenvalue weighted by Gasteiger charge is -2.21. The summed E-state index contributed by atoms with van der Waals surface area (Å²) in [7, 11) is -1.22. The number of benzene rings is 1. The molecular weight excluding hydrogens is 486 g/mol. The van der Waals surface area contributed by atoms with Gasteiger partial charge in [0.1, 0.15) is 34.3 Å². The van der Waals surface area contributed by atoms with Gasteiger partial charge in [0.15, 0.2) is 5.76 Å². The molecule has 0 fully saturated rings. The maximum atomic E-state index is 13.4. The molecule has 3 heterocycles. The van der Waals surface area contributed by atoms with Gasteiger partial charge < -0.3 is 19.0 Å². The number of pyridine rings is 1. The maximum Gasteiger partial charge on any atom is 0.243 e. The van der Waals surface area contributed by atoms with Crippen LogP contribution in [0.2, 0.25) is 0 Å². The molecule has 36 heavy (non-hydrogen) atoms. The van der Waals surface area contributed by atoms with Gasteiger partial charge in [-0.3, -0.25) is 14.3 Å². The highest BCUT2D eigenvalue weighted by Gasteiger charge is 2.33. The standard InChI is InChI=1S/C24H27N5O6S/c1-14-8-6-9-17(25-14)22(30)16(3)36(31,32)28-24-27-26-23(20-13-12-15(2)35-20)29(24)21-18(33-4)10-7-11-19(21)34-5/h6-13,16,22,30H,1-5H3,(H,27,28)/t16-,22-/m0/s1. The van der Waals surface area contributed by atoms with Crippen LogP contribution in [0.25, 0.3) is 17.3 Å². The van der Waals surface area contributed by atoms with Crippen LogP contribution in [-0.2, 0) is 10.0 Å². The van der Waals surface area contributed by atoms with Gasteiger partial charge in [-0.2, -0.15) is 0 Å². The number of nitrogens with one attached hydrogen (secondary N) is 1. The fraction of sp³-hybridized carbons (Fsp3) is 0.292. The van der Waals surface area contributed by atoms with Crippen LogP contribution in [0.3, 0.4) is 0 Å². The molecule has 11 nitrogen and oxygen atoms in total. The van der Waals surface area contributed by atoms with Crippen LogP contribution in [0.5, 0.6) is 11.5 Å². The molecule has 0 unspecified atom stereocenters. The topological polar surface area (TPSA) is 142 Å². The second-order valence-corrected chi connectivity index (χ2v) is 10.1. The van der Waals surface area contributed by atoms with E-state index >= 15 is 0 Å². The molecule has 4 rings (SSSR count). The van der Waals surface area contributed by atoms with Crippen LogP contribution >= 0.6 is 0 Å². The zero-order chi connectivity index (χ0) is 26.0. The molecule has 0 bridgehead atoms. The Bertz CT molecular complexity index is 1460. The second kappa shape index (κ2) is 9.99. The molecule has 1 aromatic carbocycles. The summed E-state index contributed by atoms with van der Waals surface area (Å²) in [6.45, 7) is 4.92. The summed E-state index contributed by atoms with van der Waals surface area (Å²) in [5, 5.41) is 17.8. The Morgan fingerprint density at radius 3 is 2.25 bits per heavy atom. The molecule has 0 spiro atoms. The summed E-state index contributed by atoms with van der Waals surface area (Å²) >= 11 is 0. The molecule has 0 aliphatic heterocycles. The first-order valence-electron chi connectivity index (χ1n) is 11.0. The third kappa shape index (κ3) is 4.77. The van der Waals surface area contributed by atoms with Gasteiger partial charge >= 0.3 is 0 Å². The zero-order valence-electron chi connectivity index (χ0n) is 20.5. The Hall–Kier alpha value is -3.90. The van der Waals surface area contributed by atoms with Crippen molar-refractivity contribution >= 4 is 16.0 Å². The van der Waals surface area contributed by atoms with Crippen LogP contribution in [0, 0.1) is 13.8 Å². The highest BCUT2D eigenvalue weighted by Crippen LogP contribution is 2.38. The van der Waals surface area contributed by atoms with Crippen molar-refractivity contribution in [2.75, 3.05) is 18.9 Å². The van der Waals surface area contributed by atoms with Crippen molar-refractivity contribution in [3.8, 4) is 28.8 Å². The fourth-order valence-electron chi connectivity index (χ4n) is 3.69. The molecule has 3 aromatic heterocycles. The van der Waals surface area contributed by atoms with E-state index in [4.69, 9.17) is 13.9 Å². The molecular formula is C24H27N5O6S. The third-order valence-corrected chi connectivity index (χ3v) is 7.33. The summed E-state index contributed by atoms with van der Waals surface area (Å²) < 4.78 is 47.5. The number of aromatic nitrogens is 4. The number of aliphatic hydroxyl groups excluding tert-OH is 1. The summed E-state index contributed by atoms with van der Waals surface area (Å²) in [6.07, 6.45) is -1.38. The number of methoxy groups -OCH3 is 2. The number of furan rings is 1. The van der Waals surface area contributed by atoms with Gasteiger partial charge in [-0.1, -0.05) is 12.1 Å². The summed E-state index contributed by atoms with van der Waals surface area (Å²) in [6, 6.07) is 13.6. The number of hydrogen-bond acceptors (Lipinski definition) is 9. The van der Waals surface area contributed by atoms with Crippen LogP contribution in [-0.4, -0.2) is 52.7 Å².